The molecule has 2 saturated carbocycles. The molecule has 0 unspecified atom stereocenters. The molecule has 2 atom stereocenters. The number of amides is 2. The lowest BCUT2D eigenvalue weighted by Gasteiger charge is -2.40. The zero-order valence-corrected chi connectivity index (χ0v) is 21.2. The molecule has 0 bridgehead atoms. The molecule has 4 rings (SSSR count). The van der Waals surface area contributed by atoms with E-state index >= 15 is 0 Å². The van der Waals surface area contributed by atoms with Gasteiger partial charge in [0.05, 0.1) is 34.3 Å². The molecular formula is C22H23ClF5N3O6S. The van der Waals surface area contributed by atoms with Crippen molar-refractivity contribution in [3.05, 3.63) is 23.2 Å². The van der Waals surface area contributed by atoms with Gasteiger partial charge in [0.1, 0.15) is 11.3 Å². The van der Waals surface area contributed by atoms with E-state index < -0.39 is 70.3 Å². The van der Waals surface area contributed by atoms with Crippen LogP contribution in [0, 0.1) is 17.2 Å². The van der Waals surface area contributed by atoms with E-state index in [9.17, 15) is 40.0 Å². The fourth-order valence-electron chi connectivity index (χ4n) is 4.11. The Morgan fingerprint density at radius 3 is 2.32 bits per heavy atom. The van der Waals surface area contributed by atoms with Gasteiger partial charge in [0.25, 0.3) is 5.92 Å². The average molecular weight is 588 g/mol. The van der Waals surface area contributed by atoms with Crippen LogP contribution in [0.25, 0.3) is 0 Å². The number of hydrogen-bond donors (Lipinski definition) is 2. The van der Waals surface area contributed by atoms with Crippen LogP contribution in [0.4, 0.5) is 26.7 Å². The van der Waals surface area contributed by atoms with Gasteiger partial charge in [-0.15, -0.1) is 0 Å². The van der Waals surface area contributed by atoms with E-state index in [1.54, 1.807) is 0 Å². The second kappa shape index (κ2) is 10.7. The third-order valence-corrected chi connectivity index (χ3v) is 8.95. The Hall–Kier alpha value is -2.86. The number of carbonyl (C=O) groups excluding carboxylic acids is 1. The first-order chi connectivity index (χ1) is 17.5. The zero-order chi connectivity index (χ0) is 28.5. The van der Waals surface area contributed by atoms with Gasteiger partial charge in [-0.05, 0) is 44.2 Å². The summed E-state index contributed by atoms with van der Waals surface area (Å²) in [6.07, 6.45) is -3.99. The van der Waals surface area contributed by atoms with Crippen molar-refractivity contribution in [3.63, 3.8) is 0 Å². The maximum Gasteiger partial charge on any atom is 0.422 e. The Morgan fingerprint density at radius 2 is 1.87 bits per heavy atom. The number of ether oxygens (including phenoxy) is 1. The number of sulfone groups is 1. The van der Waals surface area contributed by atoms with Gasteiger partial charge in [-0.1, -0.05) is 11.6 Å². The molecule has 2 N–H and O–H groups in total. The number of hydrogen-bond acceptors (Lipinski definition) is 6. The van der Waals surface area contributed by atoms with Crippen LogP contribution in [0.5, 0.6) is 5.75 Å². The maximum atomic E-state index is 12.9. The summed E-state index contributed by atoms with van der Waals surface area (Å²) in [6, 6.07) is 5.02. The first-order valence-electron chi connectivity index (χ1n) is 11.3. The number of alkyl halides is 5. The largest absolute Gasteiger partial charge is 0.484 e. The van der Waals surface area contributed by atoms with Crippen molar-refractivity contribution in [2.45, 2.75) is 59.9 Å². The van der Waals surface area contributed by atoms with Crippen molar-refractivity contribution >= 4 is 33.4 Å². The van der Waals surface area contributed by atoms with Gasteiger partial charge in [-0.25, -0.2) is 22.0 Å². The van der Waals surface area contributed by atoms with E-state index in [1.807, 2.05) is 6.07 Å². The van der Waals surface area contributed by atoms with Crippen molar-refractivity contribution < 1.29 is 49.8 Å². The number of likely N-dealkylation sites (tertiary alicyclic amines) is 1. The van der Waals surface area contributed by atoms with E-state index in [2.05, 4.69) is 10.1 Å². The maximum absolute atomic E-state index is 12.9. The van der Waals surface area contributed by atoms with Gasteiger partial charge in [0.15, 0.2) is 16.4 Å². The average Bonchev–Trinajstić information content (AvgIpc) is 3.36. The van der Waals surface area contributed by atoms with Gasteiger partial charge in [0.2, 0.25) is 5.91 Å². The smallest absolute Gasteiger partial charge is 0.422 e. The molecule has 0 radical (unpaired) electrons. The van der Waals surface area contributed by atoms with Crippen molar-refractivity contribution in [3.8, 4) is 11.8 Å². The second-order valence-corrected chi connectivity index (χ2v) is 12.0. The molecule has 1 aromatic rings. The van der Waals surface area contributed by atoms with Crippen LogP contribution in [0.2, 0.25) is 5.02 Å². The summed E-state index contributed by atoms with van der Waals surface area (Å²) in [6.45, 7) is -2.87. The molecule has 9 nitrogen and oxygen atoms in total. The number of nitrogens with one attached hydrogen (secondary N) is 1. The highest BCUT2D eigenvalue weighted by Gasteiger charge is 2.49. The summed E-state index contributed by atoms with van der Waals surface area (Å²) in [7, 11) is -3.96. The second-order valence-electron chi connectivity index (χ2n) is 9.35. The number of nitriles is 1. The number of carbonyl (C=O) groups is 2. The van der Waals surface area contributed by atoms with Crippen LogP contribution in [0.3, 0.4) is 0 Å². The molecule has 3 fully saturated rings. The van der Waals surface area contributed by atoms with Crippen LogP contribution in [-0.2, 0) is 14.6 Å². The lowest BCUT2D eigenvalue weighted by molar-refractivity contribution is -0.169. The molecule has 16 heteroatoms. The minimum atomic E-state index is -4.55. The molecule has 2 amide bonds. The summed E-state index contributed by atoms with van der Waals surface area (Å²) in [5, 5.41) is 17.4. The quantitative estimate of drug-likeness (QED) is 0.480. The van der Waals surface area contributed by atoms with Crippen LogP contribution in [0.15, 0.2) is 23.1 Å². The summed E-state index contributed by atoms with van der Waals surface area (Å²) in [4.78, 5) is 22.9. The first kappa shape index (κ1) is 29.7. The monoisotopic (exact) mass is 587 g/mol. The highest BCUT2D eigenvalue weighted by atomic mass is 35.5. The third-order valence-electron chi connectivity index (χ3n) is 6.25. The van der Waals surface area contributed by atoms with E-state index in [4.69, 9.17) is 22.0 Å². The van der Waals surface area contributed by atoms with Crippen LogP contribution in [0.1, 0.15) is 32.1 Å². The fraction of sp³-hybridized carbons (Fsp3) is 0.591. The molecular weight excluding hydrogens is 565 g/mol. The van der Waals surface area contributed by atoms with Crippen molar-refractivity contribution in [1.29, 1.82) is 5.26 Å². The number of benzene rings is 1. The molecule has 1 aromatic carbocycles. The molecule has 1 heterocycles. The summed E-state index contributed by atoms with van der Waals surface area (Å²) in [5.41, 5.74) is -0.730. The summed E-state index contributed by atoms with van der Waals surface area (Å²) < 4.78 is 92.8. The van der Waals surface area contributed by atoms with E-state index in [0.717, 1.165) is 23.1 Å². The molecule has 38 heavy (non-hydrogen) atoms. The minimum absolute atomic E-state index is 0.0219. The highest BCUT2D eigenvalue weighted by molar-refractivity contribution is 7.92. The summed E-state index contributed by atoms with van der Waals surface area (Å²) >= 11 is 5.96. The molecule has 1 saturated heterocycles. The molecule has 210 valence electrons. The highest BCUT2D eigenvalue weighted by Crippen LogP contribution is 2.39. The van der Waals surface area contributed by atoms with Crippen LogP contribution in [-0.4, -0.2) is 73.0 Å². The topological polar surface area (TPSA) is 137 Å². The normalized spacial score (nSPS) is 23.2. The first-order valence-corrected chi connectivity index (χ1v) is 13.2. The van der Waals surface area contributed by atoms with Crippen molar-refractivity contribution in [1.82, 2.24) is 10.2 Å². The number of rotatable bonds is 6. The standard InChI is InChI=1S/C17H17ClF5NO4S.C5H6N2O2/c18-13-6-11(28-9-17(21,22)23)2-4-14(13)29(26,27)12-3-1-10(5-12)15(25)24-7-16(19,20)8-24;6-3-5(1-2-5)7-4(8)9/h2,4,6,10,12H,1,3,5,7-9H2;7H,1-2H2,(H,8,9)/t10-,12-;/m1./s1. The molecule has 0 aromatic heterocycles. The molecule has 3 aliphatic rings. The fourth-order valence-corrected chi connectivity index (χ4v) is 6.49. The third kappa shape index (κ3) is 7.37. The van der Waals surface area contributed by atoms with Gasteiger partial charge in [-0.3, -0.25) is 4.79 Å². The van der Waals surface area contributed by atoms with Gasteiger partial charge in [-0.2, -0.15) is 18.4 Å². The van der Waals surface area contributed by atoms with E-state index in [0.29, 0.717) is 12.8 Å². The predicted molar refractivity (Wildman–Crippen MR) is 122 cm³/mol. The SMILES string of the molecule is N#CC1(NC(=O)O)CC1.O=C([C@@H]1CC[C@@H](S(=O)(=O)c2ccc(OCC(F)(F)F)cc2Cl)C1)N1CC(F)(F)C1. The molecule has 0 spiro atoms. The van der Waals surface area contributed by atoms with Gasteiger partial charge < -0.3 is 20.1 Å². The lowest BCUT2D eigenvalue weighted by atomic mass is 10.0. The van der Waals surface area contributed by atoms with Crippen molar-refractivity contribution in [2.75, 3.05) is 19.7 Å². The Labute approximate surface area is 219 Å². The molecule has 1 aliphatic heterocycles. The van der Waals surface area contributed by atoms with E-state index in [-0.39, 0.29) is 34.9 Å². The lowest BCUT2D eigenvalue weighted by Crippen LogP contribution is -2.59. The Balaban J connectivity index is 0.000000375. The van der Waals surface area contributed by atoms with Crippen LogP contribution >= 0.6 is 11.6 Å². The summed E-state index contributed by atoms with van der Waals surface area (Å²) in [5.74, 6) is -4.29. The van der Waals surface area contributed by atoms with Crippen LogP contribution < -0.4 is 10.1 Å². The van der Waals surface area contributed by atoms with Gasteiger partial charge >= 0.3 is 12.3 Å². The number of nitrogens with zero attached hydrogens (tertiary/aromatic N) is 2. The molecule has 2 aliphatic carbocycles. The zero-order valence-electron chi connectivity index (χ0n) is 19.6. The Kier molecular flexibility index (Phi) is 8.38. The van der Waals surface area contributed by atoms with Gasteiger partial charge in [0, 0.05) is 12.0 Å². The van der Waals surface area contributed by atoms with Crippen molar-refractivity contribution in [2.24, 2.45) is 5.92 Å². The predicted octanol–water partition coefficient (Wildman–Crippen LogP) is 4.01. The Bertz CT molecular complexity index is 1220. The number of carboxylic acid groups (broad SMARTS) is 1. The Morgan fingerprint density at radius 1 is 1.24 bits per heavy atom. The van der Waals surface area contributed by atoms with E-state index in [1.165, 1.54) is 0 Å². The minimum Gasteiger partial charge on any atom is -0.484 e. The number of halogens is 6.